The summed E-state index contributed by atoms with van der Waals surface area (Å²) in [5, 5.41) is 15.3. The molecule has 2 N–H and O–H groups in total. The van der Waals surface area contributed by atoms with Gasteiger partial charge in [-0.25, -0.2) is 4.68 Å². The Kier molecular flexibility index (Phi) is 3.99. The van der Waals surface area contributed by atoms with Crippen molar-refractivity contribution in [2.45, 2.75) is 19.2 Å². The van der Waals surface area contributed by atoms with Crippen LogP contribution in [0.15, 0.2) is 36.5 Å². The highest BCUT2D eigenvalue weighted by atomic mass is 19.4. The predicted octanol–water partition coefficient (Wildman–Crippen LogP) is 2.21. The Morgan fingerprint density at radius 3 is 2.71 bits per heavy atom. The highest BCUT2D eigenvalue weighted by molar-refractivity contribution is 5.92. The van der Waals surface area contributed by atoms with Crippen LogP contribution in [0.25, 0.3) is 5.69 Å². The van der Waals surface area contributed by atoms with Crippen LogP contribution in [0.4, 0.5) is 19.0 Å². The molecule has 0 bridgehead atoms. The fourth-order valence-corrected chi connectivity index (χ4v) is 1.59. The molecular formula is C13H12F3N3O2. The predicted molar refractivity (Wildman–Crippen MR) is 68.9 cm³/mol. The molecule has 2 rings (SSSR count). The van der Waals surface area contributed by atoms with Crippen LogP contribution >= 0.6 is 0 Å². The van der Waals surface area contributed by atoms with Crippen LogP contribution in [-0.2, 0) is 11.0 Å². The van der Waals surface area contributed by atoms with Gasteiger partial charge in [-0.2, -0.15) is 18.3 Å². The van der Waals surface area contributed by atoms with Crippen molar-refractivity contribution in [3.05, 3.63) is 42.1 Å². The second kappa shape index (κ2) is 5.57. The van der Waals surface area contributed by atoms with Gasteiger partial charge in [-0.15, -0.1) is 0 Å². The summed E-state index contributed by atoms with van der Waals surface area (Å²) in [6.07, 6.45) is -4.23. The van der Waals surface area contributed by atoms with Gasteiger partial charge in [-0.05, 0) is 25.1 Å². The minimum absolute atomic E-state index is 0.137. The van der Waals surface area contributed by atoms with Gasteiger partial charge in [0.25, 0.3) is 5.91 Å². The number of anilines is 1. The third-order valence-corrected chi connectivity index (χ3v) is 2.66. The first-order chi connectivity index (χ1) is 9.77. The molecule has 21 heavy (non-hydrogen) atoms. The molecule has 8 heteroatoms. The van der Waals surface area contributed by atoms with Crippen molar-refractivity contribution >= 4 is 11.7 Å². The third-order valence-electron chi connectivity index (χ3n) is 2.66. The number of halogens is 3. The number of aromatic nitrogens is 2. The molecule has 0 fully saturated rings. The molecule has 0 aliphatic carbocycles. The van der Waals surface area contributed by atoms with Crippen molar-refractivity contribution in [1.82, 2.24) is 9.78 Å². The van der Waals surface area contributed by atoms with Gasteiger partial charge in [0.15, 0.2) is 5.82 Å². The molecule has 1 atom stereocenters. The quantitative estimate of drug-likeness (QED) is 0.913. The molecule has 1 heterocycles. The molecule has 0 spiro atoms. The van der Waals surface area contributed by atoms with Gasteiger partial charge in [-0.3, -0.25) is 4.79 Å². The van der Waals surface area contributed by atoms with E-state index in [1.54, 1.807) is 0 Å². The van der Waals surface area contributed by atoms with Crippen LogP contribution < -0.4 is 5.32 Å². The number of aliphatic hydroxyl groups excluding tert-OH is 1. The van der Waals surface area contributed by atoms with E-state index in [9.17, 15) is 18.0 Å². The van der Waals surface area contributed by atoms with Crippen molar-refractivity contribution in [2.75, 3.05) is 5.32 Å². The highest BCUT2D eigenvalue weighted by Gasteiger charge is 2.30. The number of amides is 1. The van der Waals surface area contributed by atoms with Crippen molar-refractivity contribution in [1.29, 1.82) is 0 Å². The molecule has 1 amide bonds. The van der Waals surface area contributed by atoms with Crippen LogP contribution in [0.3, 0.4) is 0 Å². The second-order valence-corrected chi connectivity index (χ2v) is 4.36. The lowest BCUT2D eigenvalue weighted by Gasteiger charge is -2.08. The minimum atomic E-state index is -4.44. The number of aliphatic hydroxyl groups is 1. The largest absolute Gasteiger partial charge is 0.416 e. The van der Waals surface area contributed by atoms with E-state index < -0.39 is 23.8 Å². The Balaban J connectivity index is 2.24. The van der Waals surface area contributed by atoms with E-state index in [1.165, 1.54) is 36.0 Å². The Morgan fingerprint density at radius 1 is 1.38 bits per heavy atom. The zero-order valence-corrected chi connectivity index (χ0v) is 10.9. The van der Waals surface area contributed by atoms with Crippen molar-refractivity contribution in [3.63, 3.8) is 0 Å². The standard InChI is InChI=1S/C13H12F3N3O2/c1-8(20)12(21)17-11-5-6-19(18-11)10-4-2-3-9(7-10)13(14,15)16/h2-8,20H,1H3,(H,17,18,21). The van der Waals surface area contributed by atoms with Gasteiger partial charge < -0.3 is 10.4 Å². The molecule has 1 aromatic carbocycles. The van der Waals surface area contributed by atoms with E-state index >= 15 is 0 Å². The molecule has 5 nitrogen and oxygen atoms in total. The number of carbonyl (C=O) groups is 1. The lowest BCUT2D eigenvalue weighted by Crippen LogP contribution is -2.24. The number of alkyl halides is 3. The number of hydrogen-bond acceptors (Lipinski definition) is 3. The third kappa shape index (κ3) is 3.60. The van der Waals surface area contributed by atoms with Crippen LogP contribution in [0.5, 0.6) is 0 Å². The summed E-state index contributed by atoms with van der Waals surface area (Å²) in [6, 6.07) is 6.06. The molecule has 2 aromatic rings. The van der Waals surface area contributed by atoms with Crippen LogP contribution in [0.2, 0.25) is 0 Å². The van der Waals surface area contributed by atoms with Crippen molar-refractivity contribution in [2.24, 2.45) is 0 Å². The van der Waals surface area contributed by atoms with Gasteiger partial charge in [-0.1, -0.05) is 6.07 Å². The Morgan fingerprint density at radius 2 is 2.10 bits per heavy atom. The Labute approximate surface area is 118 Å². The van der Waals surface area contributed by atoms with Crippen molar-refractivity contribution < 1.29 is 23.1 Å². The summed E-state index contributed by atoms with van der Waals surface area (Å²) in [6.45, 7) is 1.29. The number of nitrogens with one attached hydrogen (secondary N) is 1. The van der Waals surface area contributed by atoms with Gasteiger partial charge in [0.1, 0.15) is 6.10 Å². The number of carbonyl (C=O) groups excluding carboxylic acids is 1. The molecule has 0 saturated carbocycles. The Bertz CT molecular complexity index is 650. The number of nitrogens with zero attached hydrogens (tertiary/aromatic N) is 2. The topological polar surface area (TPSA) is 67.2 Å². The molecule has 0 radical (unpaired) electrons. The lowest BCUT2D eigenvalue weighted by molar-refractivity contribution is -0.137. The molecule has 0 aliphatic heterocycles. The van der Waals surface area contributed by atoms with E-state index in [4.69, 9.17) is 5.11 Å². The van der Waals surface area contributed by atoms with Gasteiger partial charge in [0, 0.05) is 12.3 Å². The number of hydrogen-bond donors (Lipinski definition) is 2. The highest BCUT2D eigenvalue weighted by Crippen LogP contribution is 2.30. The lowest BCUT2D eigenvalue weighted by atomic mass is 10.2. The van der Waals surface area contributed by atoms with E-state index in [0.29, 0.717) is 0 Å². The first kappa shape index (κ1) is 15.0. The molecule has 112 valence electrons. The summed E-state index contributed by atoms with van der Waals surface area (Å²) in [7, 11) is 0. The summed E-state index contributed by atoms with van der Waals surface area (Å²) in [5.74, 6) is -0.511. The molecule has 0 aliphatic rings. The van der Waals surface area contributed by atoms with E-state index in [1.807, 2.05) is 0 Å². The molecule has 1 aromatic heterocycles. The summed E-state index contributed by atoms with van der Waals surface area (Å²) < 4.78 is 39.1. The van der Waals surface area contributed by atoms with E-state index in [0.717, 1.165) is 12.1 Å². The average Bonchev–Trinajstić information content (AvgIpc) is 2.86. The summed E-state index contributed by atoms with van der Waals surface area (Å²) >= 11 is 0. The SMILES string of the molecule is CC(O)C(=O)Nc1ccn(-c2cccc(C(F)(F)F)c2)n1. The second-order valence-electron chi connectivity index (χ2n) is 4.36. The average molecular weight is 299 g/mol. The monoisotopic (exact) mass is 299 g/mol. The van der Waals surface area contributed by atoms with Crippen LogP contribution in [0, 0.1) is 0 Å². The van der Waals surface area contributed by atoms with Gasteiger partial charge in [0.05, 0.1) is 11.3 Å². The molecular weight excluding hydrogens is 287 g/mol. The summed E-state index contributed by atoms with van der Waals surface area (Å²) in [5.41, 5.74) is -0.576. The van der Waals surface area contributed by atoms with Crippen LogP contribution in [0.1, 0.15) is 12.5 Å². The number of benzene rings is 1. The zero-order chi connectivity index (χ0) is 15.6. The zero-order valence-electron chi connectivity index (χ0n) is 10.9. The fourth-order valence-electron chi connectivity index (χ4n) is 1.59. The maximum absolute atomic E-state index is 12.6. The van der Waals surface area contributed by atoms with Gasteiger partial charge in [0.2, 0.25) is 0 Å². The maximum atomic E-state index is 12.6. The Hall–Kier alpha value is -2.35. The van der Waals surface area contributed by atoms with Gasteiger partial charge >= 0.3 is 6.18 Å². The first-order valence-electron chi connectivity index (χ1n) is 5.99. The maximum Gasteiger partial charge on any atom is 0.416 e. The van der Waals surface area contributed by atoms with E-state index in [-0.39, 0.29) is 11.5 Å². The number of rotatable bonds is 3. The smallest absolute Gasteiger partial charge is 0.384 e. The molecule has 0 saturated heterocycles. The summed E-state index contributed by atoms with van der Waals surface area (Å²) in [4.78, 5) is 11.3. The first-order valence-corrected chi connectivity index (χ1v) is 5.99. The fraction of sp³-hybridized carbons (Fsp3) is 0.231. The molecule has 1 unspecified atom stereocenters. The van der Waals surface area contributed by atoms with Crippen LogP contribution in [-0.4, -0.2) is 26.9 Å². The van der Waals surface area contributed by atoms with E-state index in [2.05, 4.69) is 10.4 Å². The normalized spacial score (nSPS) is 13.0. The van der Waals surface area contributed by atoms with Crippen molar-refractivity contribution in [3.8, 4) is 5.69 Å². The minimum Gasteiger partial charge on any atom is -0.384 e.